The third-order valence-corrected chi connectivity index (χ3v) is 4.09. The van der Waals surface area contributed by atoms with E-state index in [0.29, 0.717) is 13.1 Å². The molecule has 1 atom stereocenters. The number of nitro benzene ring substituents is 1. The molecule has 0 amide bonds. The van der Waals surface area contributed by atoms with Gasteiger partial charge in [0.25, 0.3) is 15.9 Å². The van der Waals surface area contributed by atoms with Crippen molar-refractivity contribution >= 4 is 21.6 Å². The van der Waals surface area contributed by atoms with E-state index >= 15 is 0 Å². The molecule has 3 N–H and O–H groups in total. The number of piperidine rings is 1. The Kier molecular flexibility index (Phi) is 4.76. The first-order chi connectivity index (χ1) is 9.85. The van der Waals surface area contributed by atoms with E-state index in [1.54, 1.807) is 12.1 Å². The first-order valence-corrected chi connectivity index (χ1v) is 8.16. The van der Waals surface area contributed by atoms with Crippen LogP contribution in [0.5, 0.6) is 0 Å². The number of anilines is 1. The average Bonchev–Trinajstić information content (AvgIpc) is 2.45. The second-order valence-electron chi connectivity index (χ2n) is 5.12. The number of hydrogen-bond acceptors (Lipinski definition) is 5. The van der Waals surface area contributed by atoms with Crippen LogP contribution in [0.25, 0.3) is 0 Å². The number of hydrogen-bond donors (Lipinski definition) is 2. The van der Waals surface area contributed by atoms with E-state index in [2.05, 4.69) is 9.62 Å². The Bertz CT molecular complexity index is 602. The van der Waals surface area contributed by atoms with E-state index in [-0.39, 0.29) is 11.6 Å². The number of benzene rings is 1. The predicted octanol–water partition coefficient (Wildman–Crippen LogP) is 0.604. The van der Waals surface area contributed by atoms with Crippen molar-refractivity contribution in [2.75, 3.05) is 24.5 Å². The summed E-state index contributed by atoms with van der Waals surface area (Å²) in [5.41, 5.74) is 0.962. The molecule has 0 radical (unpaired) electrons. The highest BCUT2D eigenvalue weighted by atomic mass is 32.2. The molecular formula is C12H18N4O4S. The fourth-order valence-electron chi connectivity index (χ4n) is 2.49. The minimum absolute atomic E-state index is 0.0585. The van der Waals surface area contributed by atoms with Crippen molar-refractivity contribution < 1.29 is 13.3 Å². The number of non-ortho nitro benzene ring substituents is 1. The number of rotatable bonds is 5. The highest BCUT2D eigenvalue weighted by molar-refractivity contribution is 7.87. The van der Waals surface area contributed by atoms with Crippen molar-refractivity contribution in [3.63, 3.8) is 0 Å². The van der Waals surface area contributed by atoms with Crippen LogP contribution >= 0.6 is 0 Å². The van der Waals surface area contributed by atoms with E-state index in [1.165, 1.54) is 12.1 Å². The molecule has 0 aromatic heterocycles. The molecule has 1 aliphatic rings. The molecular weight excluding hydrogens is 296 g/mol. The summed E-state index contributed by atoms with van der Waals surface area (Å²) in [5.74, 6) is 0.173. The van der Waals surface area contributed by atoms with Gasteiger partial charge in [0.05, 0.1) is 4.92 Å². The molecule has 0 saturated carbocycles. The minimum atomic E-state index is -3.66. The zero-order valence-corrected chi connectivity index (χ0v) is 12.3. The van der Waals surface area contributed by atoms with Crippen LogP contribution in [0.15, 0.2) is 24.3 Å². The quantitative estimate of drug-likeness (QED) is 0.609. The van der Waals surface area contributed by atoms with Gasteiger partial charge in [-0.1, -0.05) is 0 Å². The third-order valence-electron chi connectivity index (χ3n) is 3.52. The van der Waals surface area contributed by atoms with E-state index < -0.39 is 15.1 Å². The Morgan fingerprint density at radius 1 is 1.38 bits per heavy atom. The van der Waals surface area contributed by atoms with Gasteiger partial charge in [-0.2, -0.15) is 8.42 Å². The van der Waals surface area contributed by atoms with Gasteiger partial charge in [0.15, 0.2) is 0 Å². The summed E-state index contributed by atoms with van der Waals surface area (Å²) >= 11 is 0. The van der Waals surface area contributed by atoms with Gasteiger partial charge in [0, 0.05) is 37.5 Å². The lowest BCUT2D eigenvalue weighted by molar-refractivity contribution is -0.384. The first kappa shape index (κ1) is 15.7. The topological polar surface area (TPSA) is 119 Å². The van der Waals surface area contributed by atoms with E-state index in [9.17, 15) is 18.5 Å². The monoisotopic (exact) mass is 314 g/mol. The van der Waals surface area contributed by atoms with Gasteiger partial charge in [-0.3, -0.25) is 10.1 Å². The zero-order chi connectivity index (χ0) is 15.5. The van der Waals surface area contributed by atoms with Gasteiger partial charge in [0.1, 0.15) is 0 Å². The summed E-state index contributed by atoms with van der Waals surface area (Å²) in [6.45, 7) is 1.85. The lowest BCUT2D eigenvalue weighted by Crippen LogP contribution is -2.42. The van der Waals surface area contributed by atoms with Crippen molar-refractivity contribution in [2.45, 2.75) is 12.8 Å². The lowest BCUT2D eigenvalue weighted by Gasteiger charge is -2.34. The highest BCUT2D eigenvalue weighted by Crippen LogP contribution is 2.24. The molecule has 1 aromatic rings. The van der Waals surface area contributed by atoms with Gasteiger partial charge in [-0.25, -0.2) is 9.86 Å². The second-order valence-corrected chi connectivity index (χ2v) is 6.50. The van der Waals surface area contributed by atoms with Crippen molar-refractivity contribution in [3.05, 3.63) is 34.4 Å². The minimum Gasteiger partial charge on any atom is -0.371 e. The van der Waals surface area contributed by atoms with Crippen LogP contribution in [-0.4, -0.2) is 33.0 Å². The van der Waals surface area contributed by atoms with Crippen LogP contribution in [-0.2, 0) is 10.2 Å². The Morgan fingerprint density at radius 2 is 2.05 bits per heavy atom. The molecule has 2 rings (SSSR count). The van der Waals surface area contributed by atoms with Crippen molar-refractivity contribution in [1.29, 1.82) is 0 Å². The van der Waals surface area contributed by atoms with Crippen LogP contribution < -0.4 is 14.8 Å². The van der Waals surface area contributed by atoms with Crippen LogP contribution in [0.1, 0.15) is 12.8 Å². The molecule has 1 unspecified atom stereocenters. The maximum Gasteiger partial charge on any atom is 0.274 e. The number of nitrogens with one attached hydrogen (secondary N) is 1. The molecule has 0 bridgehead atoms. The van der Waals surface area contributed by atoms with E-state index in [4.69, 9.17) is 5.14 Å². The Morgan fingerprint density at radius 3 is 2.62 bits per heavy atom. The van der Waals surface area contributed by atoms with Crippen LogP contribution in [0.4, 0.5) is 11.4 Å². The van der Waals surface area contributed by atoms with Crippen molar-refractivity contribution in [1.82, 2.24) is 4.72 Å². The number of nitrogens with zero attached hydrogens (tertiary/aromatic N) is 2. The second kappa shape index (κ2) is 6.37. The summed E-state index contributed by atoms with van der Waals surface area (Å²) in [6.07, 6.45) is 1.86. The van der Waals surface area contributed by atoms with E-state index in [0.717, 1.165) is 25.1 Å². The molecule has 21 heavy (non-hydrogen) atoms. The maximum atomic E-state index is 10.9. The molecule has 0 aliphatic carbocycles. The van der Waals surface area contributed by atoms with Gasteiger partial charge < -0.3 is 4.90 Å². The van der Waals surface area contributed by atoms with Gasteiger partial charge >= 0.3 is 0 Å². The van der Waals surface area contributed by atoms with Crippen LogP contribution in [0, 0.1) is 16.0 Å². The maximum absolute atomic E-state index is 10.9. The molecule has 0 spiro atoms. The standard InChI is InChI=1S/C12H18N4O4S/c13-21(19,20)14-8-10-2-1-7-15(9-10)11-3-5-12(6-4-11)16(17)18/h3-6,10,14H,1-2,7-9H2,(H2,13,19,20). The predicted molar refractivity (Wildman–Crippen MR) is 79.1 cm³/mol. The summed E-state index contributed by atoms with van der Waals surface area (Å²) in [4.78, 5) is 12.3. The fourth-order valence-corrected chi connectivity index (χ4v) is 2.95. The van der Waals surface area contributed by atoms with Crippen molar-refractivity contribution in [2.24, 2.45) is 11.1 Å². The van der Waals surface area contributed by atoms with Gasteiger partial charge in [-0.05, 0) is 30.9 Å². The van der Waals surface area contributed by atoms with Crippen LogP contribution in [0.3, 0.4) is 0 Å². The summed E-state index contributed by atoms with van der Waals surface area (Å²) in [6, 6.07) is 6.38. The molecule has 1 aliphatic heterocycles. The lowest BCUT2D eigenvalue weighted by atomic mass is 9.98. The first-order valence-electron chi connectivity index (χ1n) is 6.62. The smallest absolute Gasteiger partial charge is 0.274 e. The SMILES string of the molecule is NS(=O)(=O)NCC1CCCN(c2ccc([N+](=O)[O-])cc2)C1. The van der Waals surface area contributed by atoms with Crippen molar-refractivity contribution in [3.8, 4) is 0 Å². The Balaban J connectivity index is 1.98. The fraction of sp³-hybridized carbons (Fsp3) is 0.500. The summed E-state index contributed by atoms with van der Waals surface area (Å²) < 4.78 is 24.2. The molecule has 1 fully saturated rings. The summed E-state index contributed by atoms with van der Waals surface area (Å²) in [7, 11) is -3.66. The van der Waals surface area contributed by atoms with E-state index in [1.807, 2.05) is 0 Å². The highest BCUT2D eigenvalue weighted by Gasteiger charge is 2.21. The molecule has 9 heteroatoms. The molecule has 1 aromatic carbocycles. The number of nitro groups is 1. The zero-order valence-electron chi connectivity index (χ0n) is 11.4. The molecule has 8 nitrogen and oxygen atoms in total. The largest absolute Gasteiger partial charge is 0.371 e. The van der Waals surface area contributed by atoms with Gasteiger partial charge in [-0.15, -0.1) is 0 Å². The molecule has 116 valence electrons. The average molecular weight is 314 g/mol. The Hall–Kier alpha value is -1.71. The van der Waals surface area contributed by atoms with Gasteiger partial charge in [0.2, 0.25) is 0 Å². The van der Waals surface area contributed by atoms with Crippen LogP contribution in [0.2, 0.25) is 0 Å². The summed E-state index contributed by atoms with van der Waals surface area (Å²) in [5, 5.41) is 15.6. The molecule has 1 saturated heterocycles. The Labute approximate surface area is 123 Å². The third kappa shape index (κ3) is 4.66. The number of nitrogens with two attached hydrogens (primary N) is 1. The molecule has 1 heterocycles. The normalized spacial score (nSPS) is 19.5.